The molecule has 2 aromatic carbocycles. The Morgan fingerprint density at radius 1 is 0.953 bits per heavy atom. The van der Waals surface area contributed by atoms with Crippen LogP contribution in [0.5, 0.6) is 5.75 Å². The average Bonchev–Trinajstić information content (AvgIpc) is 3.03. The zero-order chi connectivity index (χ0) is 30.4. The zero-order valence-electron chi connectivity index (χ0n) is 26.5. The van der Waals surface area contributed by atoms with Crippen LogP contribution in [0.2, 0.25) is 0 Å². The lowest BCUT2D eigenvalue weighted by molar-refractivity contribution is -0.0777. The van der Waals surface area contributed by atoms with Crippen LogP contribution in [-0.4, -0.2) is 96.9 Å². The lowest BCUT2D eigenvalue weighted by atomic mass is 9.85. The molecule has 0 bridgehead atoms. The predicted molar refractivity (Wildman–Crippen MR) is 168 cm³/mol. The molecule has 0 saturated carbocycles. The SMILES string of the molecule is CCC(O)CO[C@@H]1CNC[C@H](OCc2ccc3c(c2)N(CCCOC)CCO3)[C@H]1c1ccc(COCC(C)COC)cc1. The number of nitrogens with one attached hydrogen (secondary N) is 1. The highest BCUT2D eigenvalue weighted by Crippen LogP contribution is 2.35. The first-order valence-corrected chi connectivity index (χ1v) is 15.8. The van der Waals surface area contributed by atoms with Gasteiger partial charge in [-0.25, -0.2) is 0 Å². The van der Waals surface area contributed by atoms with Crippen molar-refractivity contribution in [3.63, 3.8) is 0 Å². The summed E-state index contributed by atoms with van der Waals surface area (Å²) in [7, 11) is 3.46. The van der Waals surface area contributed by atoms with E-state index in [4.69, 9.17) is 28.4 Å². The third-order valence-corrected chi connectivity index (χ3v) is 8.18. The second-order valence-electron chi connectivity index (χ2n) is 11.8. The van der Waals surface area contributed by atoms with Crippen LogP contribution in [-0.2, 0) is 36.9 Å². The third kappa shape index (κ3) is 10.1. The normalized spacial score (nSPS) is 21.7. The van der Waals surface area contributed by atoms with Crippen LogP contribution in [0.15, 0.2) is 42.5 Å². The van der Waals surface area contributed by atoms with E-state index >= 15 is 0 Å². The maximum Gasteiger partial charge on any atom is 0.142 e. The molecule has 2 aromatic rings. The van der Waals surface area contributed by atoms with Crippen molar-refractivity contribution >= 4 is 5.69 Å². The maximum absolute atomic E-state index is 10.2. The number of methoxy groups -OCH3 is 2. The average molecular weight is 601 g/mol. The van der Waals surface area contributed by atoms with Gasteiger partial charge in [-0.1, -0.05) is 44.2 Å². The second kappa shape index (κ2) is 17.9. The number of fused-ring (bicyclic) bond motifs is 1. The summed E-state index contributed by atoms with van der Waals surface area (Å²) in [5.74, 6) is 1.30. The van der Waals surface area contributed by atoms with Gasteiger partial charge in [-0.15, -0.1) is 0 Å². The molecule has 4 rings (SSSR count). The van der Waals surface area contributed by atoms with Crippen LogP contribution in [0.4, 0.5) is 5.69 Å². The van der Waals surface area contributed by atoms with Gasteiger partial charge in [0.25, 0.3) is 0 Å². The standard InChI is InChI=1S/C34H52N2O7/c1-5-29(37)24-43-33-19-35-18-32(34(33)28-10-7-26(8-11-28)22-40-21-25(2)20-39-4)42-23-27-9-12-31-30(17-27)36(14-16-41-31)13-6-15-38-3/h7-12,17,25,29,32-35,37H,5-6,13-16,18-24H2,1-4H3/t25?,29?,32-,33+,34+/m0/s1. The highest BCUT2D eigenvalue weighted by Gasteiger charge is 2.36. The minimum absolute atomic E-state index is 0.0218. The first-order valence-electron chi connectivity index (χ1n) is 15.8. The fraction of sp³-hybridized carbons (Fsp3) is 0.647. The van der Waals surface area contributed by atoms with E-state index in [1.165, 1.54) is 5.56 Å². The Balaban J connectivity index is 1.45. The first kappa shape index (κ1) is 33.6. The topological polar surface area (TPSA) is 90.9 Å². The maximum atomic E-state index is 10.2. The van der Waals surface area contributed by atoms with E-state index in [9.17, 15) is 5.11 Å². The van der Waals surface area contributed by atoms with Crippen molar-refractivity contribution in [2.45, 2.75) is 64.1 Å². The van der Waals surface area contributed by atoms with Crippen LogP contribution in [0.3, 0.4) is 0 Å². The Labute approximate surface area is 257 Å². The van der Waals surface area contributed by atoms with Crippen molar-refractivity contribution in [3.8, 4) is 5.75 Å². The van der Waals surface area contributed by atoms with Gasteiger partial charge in [0, 0.05) is 52.3 Å². The molecule has 0 spiro atoms. The Kier molecular flexibility index (Phi) is 14.0. The summed E-state index contributed by atoms with van der Waals surface area (Å²) in [5, 5.41) is 13.7. The molecule has 5 atom stereocenters. The molecule has 2 unspecified atom stereocenters. The fourth-order valence-electron chi connectivity index (χ4n) is 5.76. The molecular weight excluding hydrogens is 548 g/mol. The van der Waals surface area contributed by atoms with E-state index < -0.39 is 6.10 Å². The van der Waals surface area contributed by atoms with Gasteiger partial charge in [-0.2, -0.15) is 0 Å². The van der Waals surface area contributed by atoms with Crippen LogP contribution in [0.1, 0.15) is 49.3 Å². The van der Waals surface area contributed by atoms with E-state index in [-0.39, 0.29) is 18.1 Å². The highest BCUT2D eigenvalue weighted by molar-refractivity contribution is 5.61. The van der Waals surface area contributed by atoms with Gasteiger partial charge in [0.2, 0.25) is 0 Å². The van der Waals surface area contributed by atoms with Gasteiger partial charge >= 0.3 is 0 Å². The molecule has 0 aliphatic carbocycles. The summed E-state index contributed by atoms with van der Waals surface area (Å²) >= 11 is 0. The Bertz CT molecular complexity index is 1070. The number of hydrogen-bond donors (Lipinski definition) is 2. The van der Waals surface area contributed by atoms with Crippen molar-refractivity contribution in [1.82, 2.24) is 5.32 Å². The molecule has 2 heterocycles. The number of hydrogen-bond acceptors (Lipinski definition) is 9. The first-order chi connectivity index (χ1) is 21.0. The summed E-state index contributed by atoms with van der Waals surface area (Å²) in [4.78, 5) is 2.37. The van der Waals surface area contributed by atoms with Crippen molar-refractivity contribution in [2.75, 3.05) is 78.3 Å². The number of benzene rings is 2. The van der Waals surface area contributed by atoms with Crippen LogP contribution in [0, 0.1) is 5.92 Å². The summed E-state index contributed by atoms with van der Waals surface area (Å²) < 4.78 is 35.3. The number of aliphatic hydroxyl groups excluding tert-OH is 1. The van der Waals surface area contributed by atoms with Gasteiger partial charge in [-0.05, 0) is 41.7 Å². The van der Waals surface area contributed by atoms with Crippen LogP contribution in [0.25, 0.3) is 0 Å². The molecule has 2 aliphatic rings. The summed E-state index contributed by atoms with van der Waals surface area (Å²) in [6.07, 6.45) is 0.932. The smallest absolute Gasteiger partial charge is 0.142 e. The van der Waals surface area contributed by atoms with E-state index in [0.717, 1.165) is 55.2 Å². The Morgan fingerprint density at radius 2 is 1.72 bits per heavy atom. The number of piperidine rings is 1. The highest BCUT2D eigenvalue weighted by atomic mass is 16.5. The Morgan fingerprint density at radius 3 is 2.47 bits per heavy atom. The zero-order valence-corrected chi connectivity index (χ0v) is 26.5. The van der Waals surface area contributed by atoms with E-state index in [2.05, 4.69) is 59.6 Å². The minimum atomic E-state index is -0.480. The molecule has 9 nitrogen and oxygen atoms in total. The van der Waals surface area contributed by atoms with Crippen molar-refractivity contribution in [1.29, 1.82) is 0 Å². The quantitative estimate of drug-likeness (QED) is 0.245. The van der Waals surface area contributed by atoms with Crippen LogP contribution < -0.4 is 15.0 Å². The summed E-state index contributed by atoms with van der Waals surface area (Å²) in [5.41, 5.74) is 4.53. The Hall–Kier alpha value is -2.24. The molecule has 2 N–H and O–H groups in total. The van der Waals surface area contributed by atoms with Gasteiger partial charge in [0.1, 0.15) is 12.4 Å². The predicted octanol–water partition coefficient (Wildman–Crippen LogP) is 4.15. The molecule has 9 heteroatoms. The van der Waals surface area contributed by atoms with Crippen molar-refractivity contribution in [3.05, 3.63) is 59.2 Å². The molecular formula is C34H52N2O7. The van der Waals surface area contributed by atoms with Gasteiger partial charge < -0.3 is 43.7 Å². The molecule has 43 heavy (non-hydrogen) atoms. The number of anilines is 1. The van der Waals surface area contributed by atoms with Gasteiger partial charge in [0.15, 0.2) is 0 Å². The molecule has 0 aromatic heterocycles. The molecule has 1 fully saturated rings. The van der Waals surface area contributed by atoms with Crippen LogP contribution >= 0.6 is 0 Å². The molecule has 2 aliphatic heterocycles. The monoisotopic (exact) mass is 600 g/mol. The number of nitrogens with zero attached hydrogens (tertiary/aromatic N) is 1. The van der Waals surface area contributed by atoms with E-state index in [1.807, 2.05) is 6.92 Å². The molecule has 0 amide bonds. The van der Waals surface area contributed by atoms with E-state index in [0.29, 0.717) is 58.5 Å². The fourth-order valence-corrected chi connectivity index (χ4v) is 5.76. The number of ether oxygens (including phenoxy) is 6. The largest absolute Gasteiger partial charge is 0.490 e. The molecule has 240 valence electrons. The van der Waals surface area contributed by atoms with Gasteiger partial charge in [0.05, 0.1) is 63.6 Å². The number of rotatable bonds is 18. The van der Waals surface area contributed by atoms with Crippen molar-refractivity contribution < 1.29 is 33.5 Å². The van der Waals surface area contributed by atoms with Gasteiger partial charge in [-0.3, -0.25) is 0 Å². The summed E-state index contributed by atoms with van der Waals surface area (Å²) in [6, 6.07) is 15.0. The lowest BCUT2D eigenvalue weighted by Crippen LogP contribution is -2.51. The molecule has 1 saturated heterocycles. The third-order valence-electron chi connectivity index (χ3n) is 8.18. The van der Waals surface area contributed by atoms with E-state index in [1.54, 1.807) is 14.2 Å². The number of aliphatic hydroxyl groups is 1. The summed E-state index contributed by atoms with van der Waals surface area (Å²) in [6.45, 7) is 11.5. The van der Waals surface area contributed by atoms with Crippen molar-refractivity contribution in [2.24, 2.45) is 5.92 Å². The minimum Gasteiger partial charge on any atom is -0.490 e. The second-order valence-corrected chi connectivity index (χ2v) is 11.8. The lowest BCUT2D eigenvalue weighted by Gasteiger charge is -2.39. The molecule has 0 radical (unpaired) electrons.